The maximum atomic E-state index is 12.3. The van der Waals surface area contributed by atoms with Crippen LogP contribution in [0.5, 0.6) is 0 Å². The monoisotopic (exact) mass is 465 g/mol. The van der Waals surface area contributed by atoms with E-state index in [1.807, 2.05) is 12.1 Å². The SMILES string of the molecule is O=S(=O)(Nc1nn(Cc2ccc(Cl)cc2)cc1Br)c1ccc(Cl)s1. The minimum Gasteiger partial charge on any atom is -0.265 e. The largest absolute Gasteiger partial charge is 0.272 e. The molecule has 0 fully saturated rings. The minimum absolute atomic E-state index is 0.131. The lowest BCUT2D eigenvalue weighted by Gasteiger charge is -2.04. The van der Waals surface area contributed by atoms with E-state index in [-0.39, 0.29) is 10.0 Å². The zero-order valence-corrected chi connectivity index (χ0v) is 16.6. The first-order valence-electron chi connectivity index (χ1n) is 6.59. The van der Waals surface area contributed by atoms with Crippen molar-refractivity contribution in [3.05, 3.63) is 62.0 Å². The van der Waals surface area contributed by atoms with Crippen LogP contribution in [0.1, 0.15) is 5.56 Å². The van der Waals surface area contributed by atoms with E-state index >= 15 is 0 Å². The molecule has 126 valence electrons. The Kier molecular flexibility index (Phi) is 5.22. The van der Waals surface area contributed by atoms with Crippen LogP contribution in [0.15, 0.2) is 51.3 Å². The summed E-state index contributed by atoms with van der Waals surface area (Å²) < 4.78 is 29.8. The molecule has 3 aromatic rings. The van der Waals surface area contributed by atoms with Gasteiger partial charge in [-0.05, 0) is 45.8 Å². The number of hydrogen-bond acceptors (Lipinski definition) is 4. The lowest BCUT2D eigenvalue weighted by atomic mass is 10.2. The Morgan fingerprint density at radius 3 is 2.50 bits per heavy atom. The molecule has 0 aliphatic carbocycles. The number of nitrogens with zero attached hydrogens (tertiary/aromatic N) is 2. The molecule has 0 bridgehead atoms. The van der Waals surface area contributed by atoms with Gasteiger partial charge in [-0.1, -0.05) is 35.3 Å². The molecule has 24 heavy (non-hydrogen) atoms. The van der Waals surface area contributed by atoms with Crippen molar-refractivity contribution in [3.63, 3.8) is 0 Å². The molecular formula is C14H10BrCl2N3O2S2. The van der Waals surface area contributed by atoms with Gasteiger partial charge in [-0.2, -0.15) is 5.10 Å². The third kappa shape index (κ3) is 4.12. The fourth-order valence-electron chi connectivity index (χ4n) is 1.94. The molecule has 10 heteroatoms. The van der Waals surface area contributed by atoms with E-state index in [9.17, 15) is 8.42 Å². The van der Waals surface area contributed by atoms with Gasteiger partial charge in [0.2, 0.25) is 0 Å². The standard InChI is InChI=1S/C14H10BrCl2N3O2S2/c15-11-8-20(7-9-1-3-10(16)4-2-9)18-14(11)19-24(21,22)13-6-5-12(17)23-13/h1-6,8H,7H2,(H,18,19). The van der Waals surface area contributed by atoms with Gasteiger partial charge in [0.05, 0.1) is 15.4 Å². The molecule has 0 atom stereocenters. The second-order valence-electron chi connectivity index (χ2n) is 4.81. The van der Waals surface area contributed by atoms with E-state index in [2.05, 4.69) is 25.8 Å². The van der Waals surface area contributed by atoms with Crippen LogP contribution in [0.4, 0.5) is 5.82 Å². The first kappa shape index (κ1) is 17.8. The first-order valence-corrected chi connectivity index (χ1v) is 10.4. The molecule has 5 nitrogen and oxygen atoms in total. The van der Waals surface area contributed by atoms with Crippen LogP contribution in [-0.4, -0.2) is 18.2 Å². The van der Waals surface area contributed by atoms with Crippen molar-refractivity contribution in [1.82, 2.24) is 9.78 Å². The third-order valence-corrected chi connectivity index (χ3v) is 6.91. The Morgan fingerprint density at radius 1 is 1.17 bits per heavy atom. The summed E-state index contributed by atoms with van der Waals surface area (Å²) in [7, 11) is -3.72. The minimum atomic E-state index is -3.72. The van der Waals surface area contributed by atoms with Crippen molar-refractivity contribution in [2.24, 2.45) is 0 Å². The van der Waals surface area contributed by atoms with Crippen molar-refractivity contribution in [3.8, 4) is 0 Å². The summed E-state index contributed by atoms with van der Waals surface area (Å²) in [5.74, 6) is 0.216. The highest BCUT2D eigenvalue weighted by Gasteiger charge is 2.20. The predicted octanol–water partition coefficient (Wildman–Crippen LogP) is 4.86. The van der Waals surface area contributed by atoms with Crippen LogP contribution >= 0.6 is 50.5 Å². The molecule has 0 saturated heterocycles. The Morgan fingerprint density at radius 2 is 1.88 bits per heavy atom. The smallest absolute Gasteiger partial charge is 0.265 e. The van der Waals surface area contributed by atoms with Gasteiger partial charge in [-0.25, -0.2) is 8.42 Å². The van der Waals surface area contributed by atoms with Crippen LogP contribution in [0, 0.1) is 0 Å². The molecule has 3 rings (SSSR count). The predicted molar refractivity (Wildman–Crippen MR) is 101 cm³/mol. The summed E-state index contributed by atoms with van der Waals surface area (Å²) >= 11 is 16.0. The number of nitrogens with one attached hydrogen (secondary N) is 1. The molecule has 0 unspecified atom stereocenters. The summed E-state index contributed by atoms with van der Waals surface area (Å²) in [6.45, 7) is 0.488. The summed E-state index contributed by atoms with van der Waals surface area (Å²) in [5.41, 5.74) is 0.994. The van der Waals surface area contributed by atoms with Gasteiger partial charge in [0.1, 0.15) is 4.21 Å². The quantitative estimate of drug-likeness (QED) is 0.583. The number of hydrogen-bond donors (Lipinski definition) is 1. The number of anilines is 1. The van der Waals surface area contributed by atoms with Crippen molar-refractivity contribution >= 4 is 66.3 Å². The third-order valence-electron chi connectivity index (χ3n) is 3.02. The van der Waals surface area contributed by atoms with Crippen LogP contribution in [0.2, 0.25) is 9.36 Å². The summed E-state index contributed by atoms with van der Waals surface area (Å²) in [6.07, 6.45) is 1.70. The van der Waals surface area contributed by atoms with E-state index in [1.165, 1.54) is 12.1 Å². The van der Waals surface area contributed by atoms with Gasteiger partial charge in [-0.15, -0.1) is 11.3 Å². The fraction of sp³-hybridized carbons (Fsp3) is 0.0714. The average Bonchev–Trinajstić information content (AvgIpc) is 3.08. The van der Waals surface area contributed by atoms with Crippen molar-refractivity contribution in [2.45, 2.75) is 10.8 Å². The van der Waals surface area contributed by atoms with Gasteiger partial charge in [-0.3, -0.25) is 9.40 Å². The molecule has 2 aromatic heterocycles. The van der Waals surface area contributed by atoms with Crippen LogP contribution in [-0.2, 0) is 16.6 Å². The highest BCUT2D eigenvalue weighted by molar-refractivity contribution is 9.10. The maximum Gasteiger partial charge on any atom is 0.272 e. The lowest BCUT2D eigenvalue weighted by Crippen LogP contribution is -2.12. The second kappa shape index (κ2) is 7.05. The number of thiophene rings is 1. The van der Waals surface area contributed by atoms with Gasteiger partial charge in [0.15, 0.2) is 5.82 Å². The number of benzene rings is 1. The summed E-state index contributed by atoms with van der Waals surface area (Å²) in [6, 6.07) is 10.3. The average molecular weight is 467 g/mol. The molecule has 0 amide bonds. The normalized spacial score (nSPS) is 11.6. The summed E-state index contributed by atoms with van der Waals surface area (Å²) in [4.78, 5) is 0. The number of rotatable bonds is 5. The molecule has 0 aliphatic heterocycles. The van der Waals surface area contributed by atoms with Crippen LogP contribution in [0.25, 0.3) is 0 Å². The fourth-order valence-corrected chi connectivity index (χ4v) is 5.12. The number of aromatic nitrogens is 2. The highest BCUT2D eigenvalue weighted by Crippen LogP contribution is 2.29. The first-order chi connectivity index (χ1) is 11.3. The van der Waals surface area contributed by atoms with Gasteiger partial charge >= 0.3 is 0 Å². The lowest BCUT2D eigenvalue weighted by molar-refractivity contribution is 0.602. The maximum absolute atomic E-state index is 12.3. The number of halogens is 3. The molecule has 0 spiro atoms. The Hall–Kier alpha value is -1.06. The van der Waals surface area contributed by atoms with Crippen molar-refractivity contribution < 1.29 is 8.42 Å². The summed E-state index contributed by atoms with van der Waals surface area (Å²) in [5, 5.41) is 4.92. The Labute approximate surface area is 161 Å². The van der Waals surface area contributed by atoms with Gasteiger partial charge < -0.3 is 0 Å². The van der Waals surface area contributed by atoms with Crippen LogP contribution < -0.4 is 4.72 Å². The van der Waals surface area contributed by atoms with Gasteiger partial charge in [0.25, 0.3) is 10.0 Å². The van der Waals surface area contributed by atoms with Crippen molar-refractivity contribution in [1.29, 1.82) is 0 Å². The van der Waals surface area contributed by atoms with E-state index < -0.39 is 10.0 Å². The molecular weight excluding hydrogens is 457 g/mol. The molecule has 0 radical (unpaired) electrons. The second-order valence-corrected chi connectivity index (χ2v) is 9.73. The van der Waals surface area contributed by atoms with E-state index in [4.69, 9.17) is 23.2 Å². The Balaban J connectivity index is 1.80. The Bertz CT molecular complexity index is 968. The topological polar surface area (TPSA) is 64.0 Å². The zero-order chi connectivity index (χ0) is 17.3. The van der Waals surface area contributed by atoms with E-state index in [1.54, 1.807) is 23.0 Å². The van der Waals surface area contributed by atoms with E-state index in [0.29, 0.717) is 20.4 Å². The molecule has 0 saturated carbocycles. The number of sulfonamides is 1. The molecule has 2 heterocycles. The highest BCUT2D eigenvalue weighted by atomic mass is 79.9. The van der Waals surface area contributed by atoms with Gasteiger partial charge in [0, 0.05) is 11.2 Å². The molecule has 0 aliphatic rings. The zero-order valence-electron chi connectivity index (χ0n) is 11.9. The van der Waals surface area contributed by atoms with Crippen molar-refractivity contribution in [2.75, 3.05) is 4.72 Å². The van der Waals surface area contributed by atoms with E-state index in [0.717, 1.165) is 16.9 Å². The molecule has 1 N–H and O–H groups in total. The molecule has 1 aromatic carbocycles. The van der Waals surface area contributed by atoms with Crippen LogP contribution in [0.3, 0.4) is 0 Å².